The molecule has 0 bridgehead atoms. The quantitative estimate of drug-likeness (QED) is 0.737. The van der Waals surface area contributed by atoms with E-state index in [9.17, 15) is 8.78 Å². The zero-order valence-electron chi connectivity index (χ0n) is 9.90. The second kappa shape index (κ2) is 4.65. The summed E-state index contributed by atoms with van der Waals surface area (Å²) >= 11 is 0. The first-order valence-corrected chi connectivity index (χ1v) is 5.80. The van der Waals surface area contributed by atoms with Gasteiger partial charge in [-0.05, 0) is 35.9 Å². The van der Waals surface area contributed by atoms with Gasteiger partial charge in [-0.1, -0.05) is 24.3 Å². The highest BCUT2D eigenvalue weighted by molar-refractivity contribution is 5.89. The monoisotopic (exact) mass is 256 g/mol. The molecule has 0 atom stereocenters. The van der Waals surface area contributed by atoms with Gasteiger partial charge < -0.3 is 0 Å². The van der Waals surface area contributed by atoms with Gasteiger partial charge in [0.15, 0.2) is 0 Å². The highest BCUT2D eigenvalue weighted by atomic mass is 19.1. The molecule has 3 aromatic rings. The molecule has 0 fully saturated rings. The summed E-state index contributed by atoms with van der Waals surface area (Å²) in [5.41, 5.74) is 1.84. The van der Waals surface area contributed by atoms with Crippen molar-refractivity contribution in [3.63, 3.8) is 0 Å². The van der Waals surface area contributed by atoms with E-state index in [0.717, 1.165) is 0 Å². The maximum atomic E-state index is 13.7. The summed E-state index contributed by atoms with van der Waals surface area (Å²) in [7, 11) is 0. The molecule has 0 amide bonds. The fraction of sp³-hybridized carbons (Fsp3) is 0. The molecule has 2 nitrogen and oxygen atoms in total. The molecular formula is C15H10F2N2. The third-order valence-electron chi connectivity index (χ3n) is 2.85. The van der Waals surface area contributed by atoms with E-state index in [1.165, 1.54) is 18.2 Å². The summed E-state index contributed by atoms with van der Waals surface area (Å²) < 4.78 is 26.8. The number of aromatic amines is 1. The van der Waals surface area contributed by atoms with Gasteiger partial charge in [-0.15, -0.1) is 0 Å². The number of fused-ring (bicyclic) bond motifs is 1. The molecule has 0 saturated carbocycles. The van der Waals surface area contributed by atoms with Crippen LogP contribution < -0.4 is 0 Å². The molecule has 94 valence electrons. The van der Waals surface area contributed by atoms with Crippen LogP contribution in [0.1, 0.15) is 11.3 Å². The minimum atomic E-state index is -0.329. The number of rotatable bonds is 2. The summed E-state index contributed by atoms with van der Waals surface area (Å²) in [4.78, 5) is 0. The maximum absolute atomic E-state index is 13.7. The minimum Gasteiger partial charge on any atom is -0.277 e. The van der Waals surface area contributed by atoms with Crippen molar-refractivity contribution in [1.82, 2.24) is 10.2 Å². The Hall–Kier alpha value is -2.49. The fourth-order valence-electron chi connectivity index (χ4n) is 1.96. The lowest BCUT2D eigenvalue weighted by Gasteiger charge is -1.94. The average molecular weight is 256 g/mol. The summed E-state index contributed by atoms with van der Waals surface area (Å²) in [6.45, 7) is 0. The highest BCUT2D eigenvalue weighted by Crippen LogP contribution is 2.21. The summed E-state index contributed by atoms with van der Waals surface area (Å²) in [6.07, 6.45) is 3.36. The molecule has 0 aliphatic rings. The standard InChI is InChI=1S/C15H10F2N2/c16-11-4-1-3-10(9-11)7-8-14-15-12(17)5-2-6-13(15)18-19-14/h1-9H,(H,18,19)/b8-7+. The van der Waals surface area contributed by atoms with Crippen LogP contribution in [0.4, 0.5) is 8.78 Å². The van der Waals surface area contributed by atoms with Gasteiger partial charge in [0.05, 0.1) is 16.6 Å². The Balaban J connectivity index is 2.02. The Morgan fingerprint density at radius 3 is 2.68 bits per heavy atom. The van der Waals surface area contributed by atoms with E-state index in [-0.39, 0.29) is 11.6 Å². The molecule has 1 N–H and O–H groups in total. The molecule has 0 aliphatic carbocycles. The predicted octanol–water partition coefficient (Wildman–Crippen LogP) is 4.01. The van der Waals surface area contributed by atoms with Crippen molar-refractivity contribution in [1.29, 1.82) is 0 Å². The van der Waals surface area contributed by atoms with E-state index >= 15 is 0 Å². The largest absolute Gasteiger partial charge is 0.277 e. The summed E-state index contributed by atoms with van der Waals surface area (Å²) in [5.74, 6) is -0.634. The SMILES string of the molecule is Fc1cccc(/C=C/c2n[nH]c3cccc(F)c23)c1. The fourth-order valence-corrected chi connectivity index (χ4v) is 1.96. The van der Waals surface area contributed by atoms with Crippen molar-refractivity contribution in [3.05, 3.63) is 65.4 Å². The Morgan fingerprint density at radius 1 is 1.00 bits per heavy atom. The predicted molar refractivity (Wildman–Crippen MR) is 71.4 cm³/mol. The number of aromatic nitrogens is 2. The van der Waals surface area contributed by atoms with E-state index in [2.05, 4.69) is 10.2 Å². The van der Waals surface area contributed by atoms with Crippen molar-refractivity contribution >= 4 is 23.1 Å². The summed E-state index contributed by atoms with van der Waals surface area (Å²) in [5, 5.41) is 7.25. The molecule has 3 rings (SSSR count). The number of benzene rings is 2. The van der Waals surface area contributed by atoms with Crippen molar-refractivity contribution in [3.8, 4) is 0 Å². The molecule has 2 aromatic carbocycles. The molecule has 0 spiro atoms. The maximum Gasteiger partial charge on any atom is 0.134 e. The Morgan fingerprint density at radius 2 is 1.84 bits per heavy atom. The average Bonchev–Trinajstić information content (AvgIpc) is 2.81. The van der Waals surface area contributed by atoms with E-state index in [0.29, 0.717) is 22.2 Å². The molecule has 0 radical (unpaired) electrons. The second-order valence-electron chi connectivity index (χ2n) is 4.16. The van der Waals surface area contributed by atoms with E-state index in [1.807, 2.05) is 0 Å². The molecule has 19 heavy (non-hydrogen) atoms. The summed E-state index contributed by atoms with van der Waals surface area (Å²) in [6, 6.07) is 10.9. The van der Waals surface area contributed by atoms with Gasteiger partial charge in [-0.25, -0.2) is 8.78 Å². The number of nitrogens with zero attached hydrogens (tertiary/aromatic N) is 1. The molecule has 4 heteroatoms. The normalized spacial score (nSPS) is 11.5. The number of nitrogens with one attached hydrogen (secondary N) is 1. The van der Waals surface area contributed by atoms with Gasteiger partial charge in [0.2, 0.25) is 0 Å². The van der Waals surface area contributed by atoms with Gasteiger partial charge in [-0.2, -0.15) is 5.10 Å². The number of hydrogen-bond donors (Lipinski definition) is 1. The molecule has 0 saturated heterocycles. The lowest BCUT2D eigenvalue weighted by molar-refractivity contribution is 0.627. The van der Waals surface area contributed by atoms with Crippen molar-refractivity contribution in [2.45, 2.75) is 0 Å². The van der Waals surface area contributed by atoms with Crippen molar-refractivity contribution in [2.75, 3.05) is 0 Å². The van der Waals surface area contributed by atoms with Crippen molar-refractivity contribution < 1.29 is 8.78 Å². The van der Waals surface area contributed by atoms with Gasteiger partial charge in [-0.3, -0.25) is 5.10 Å². The third kappa shape index (κ3) is 2.25. The van der Waals surface area contributed by atoms with Crippen LogP contribution >= 0.6 is 0 Å². The number of H-pyrrole nitrogens is 1. The van der Waals surface area contributed by atoms with E-state index in [1.54, 1.807) is 36.4 Å². The molecule has 0 unspecified atom stereocenters. The van der Waals surface area contributed by atoms with Gasteiger partial charge in [0.1, 0.15) is 11.6 Å². The topological polar surface area (TPSA) is 28.7 Å². The molecule has 1 heterocycles. The second-order valence-corrected chi connectivity index (χ2v) is 4.16. The third-order valence-corrected chi connectivity index (χ3v) is 2.85. The minimum absolute atomic E-state index is 0.305. The first-order chi connectivity index (χ1) is 9.24. The first kappa shape index (κ1) is 11.6. The van der Waals surface area contributed by atoms with Crippen LogP contribution in [0.2, 0.25) is 0 Å². The number of halogens is 2. The smallest absolute Gasteiger partial charge is 0.134 e. The van der Waals surface area contributed by atoms with Crippen LogP contribution in [-0.2, 0) is 0 Å². The Labute approximate surface area is 108 Å². The molecular weight excluding hydrogens is 246 g/mol. The Bertz CT molecular complexity index is 760. The van der Waals surface area contributed by atoms with Crippen LogP contribution in [0.25, 0.3) is 23.1 Å². The Kier molecular flexibility index (Phi) is 2.83. The zero-order chi connectivity index (χ0) is 13.2. The first-order valence-electron chi connectivity index (χ1n) is 5.80. The van der Waals surface area contributed by atoms with Crippen LogP contribution in [0.3, 0.4) is 0 Å². The zero-order valence-corrected chi connectivity index (χ0v) is 9.90. The highest BCUT2D eigenvalue weighted by Gasteiger charge is 2.07. The molecule has 0 aliphatic heterocycles. The lowest BCUT2D eigenvalue weighted by Crippen LogP contribution is -1.79. The van der Waals surface area contributed by atoms with Crippen LogP contribution in [0.5, 0.6) is 0 Å². The van der Waals surface area contributed by atoms with Crippen LogP contribution in [0.15, 0.2) is 42.5 Å². The van der Waals surface area contributed by atoms with Crippen LogP contribution in [-0.4, -0.2) is 10.2 Å². The van der Waals surface area contributed by atoms with E-state index in [4.69, 9.17) is 0 Å². The molecule has 1 aromatic heterocycles. The van der Waals surface area contributed by atoms with Crippen LogP contribution in [0, 0.1) is 11.6 Å². The van der Waals surface area contributed by atoms with Gasteiger partial charge in [0.25, 0.3) is 0 Å². The lowest BCUT2D eigenvalue weighted by atomic mass is 10.1. The van der Waals surface area contributed by atoms with E-state index < -0.39 is 0 Å². The van der Waals surface area contributed by atoms with Crippen molar-refractivity contribution in [2.24, 2.45) is 0 Å². The van der Waals surface area contributed by atoms with Gasteiger partial charge >= 0.3 is 0 Å². The number of hydrogen-bond acceptors (Lipinski definition) is 1. The van der Waals surface area contributed by atoms with Gasteiger partial charge in [0, 0.05) is 0 Å².